The van der Waals surface area contributed by atoms with E-state index in [2.05, 4.69) is 10.1 Å². The lowest BCUT2D eigenvalue weighted by atomic mass is 9.90. The summed E-state index contributed by atoms with van der Waals surface area (Å²) in [5.74, 6) is -1.59. The lowest BCUT2D eigenvalue weighted by molar-refractivity contribution is -0.146. The molecule has 37 heavy (non-hydrogen) atoms. The van der Waals surface area contributed by atoms with Gasteiger partial charge in [0.2, 0.25) is 17.7 Å². The fourth-order valence-corrected chi connectivity index (χ4v) is 5.14. The molecule has 7 atom stereocenters. The first-order valence-corrected chi connectivity index (χ1v) is 13.1. The van der Waals surface area contributed by atoms with E-state index < -0.39 is 24.1 Å². The fourth-order valence-electron chi connectivity index (χ4n) is 5.14. The highest BCUT2D eigenvalue weighted by molar-refractivity contribution is 5.84. The van der Waals surface area contributed by atoms with Gasteiger partial charge < -0.3 is 35.1 Å². The van der Waals surface area contributed by atoms with Crippen molar-refractivity contribution in [3.05, 3.63) is 0 Å². The Hall–Kier alpha value is -2.24. The number of rotatable bonds is 15. The normalized spacial score (nSPS) is 20.4. The van der Waals surface area contributed by atoms with Gasteiger partial charge in [-0.3, -0.25) is 19.2 Å². The van der Waals surface area contributed by atoms with Gasteiger partial charge in [-0.05, 0) is 25.7 Å². The van der Waals surface area contributed by atoms with Crippen molar-refractivity contribution in [1.29, 1.82) is 0 Å². The second-order valence-corrected chi connectivity index (χ2v) is 10.1. The summed E-state index contributed by atoms with van der Waals surface area (Å²) in [7, 11) is 6.08. The Morgan fingerprint density at radius 3 is 2.24 bits per heavy atom. The second-order valence-electron chi connectivity index (χ2n) is 10.1. The van der Waals surface area contributed by atoms with Crippen molar-refractivity contribution in [2.75, 3.05) is 41.5 Å². The van der Waals surface area contributed by atoms with Crippen molar-refractivity contribution in [2.24, 2.45) is 17.6 Å². The van der Waals surface area contributed by atoms with Gasteiger partial charge in [-0.25, -0.2) is 0 Å². The Bertz CT molecular complexity index is 763. The van der Waals surface area contributed by atoms with E-state index in [1.807, 2.05) is 13.8 Å². The van der Waals surface area contributed by atoms with E-state index in [0.29, 0.717) is 13.0 Å². The molecule has 7 unspecified atom stereocenters. The van der Waals surface area contributed by atoms with E-state index in [9.17, 15) is 19.2 Å². The van der Waals surface area contributed by atoms with Gasteiger partial charge in [0.05, 0.1) is 43.7 Å². The molecule has 1 aliphatic rings. The van der Waals surface area contributed by atoms with Gasteiger partial charge in [0, 0.05) is 40.3 Å². The summed E-state index contributed by atoms with van der Waals surface area (Å²) < 4.78 is 16.1. The first kappa shape index (κ1) is 32.8. The van der Waals surface area contributed by atoms with Crippen LogP contribution in [0.3, 0.4) is 0 Å². The average molecular weight is 529 g/mol. The van der Waals surface area contributed by atoms with Crippen LogP contribution in [-0.2, 0) is 33.4 Å². The molecule has 1 fully saturated rings. The molecule has 11 nitrogen and oxygen atoms in total. The number of likely N-dealkylation sites (tertiary alicyclic amines) is 1. The first-order valence-electron chi connectivity index (χ1n) is 13.1. The van der Waals surface area contributed by atoms with E-state index in [1.165, 1.54) is 14.2 Å². The summed E-state index contributed by atoms with van der Waals surface area (Å²) in [6.07, 6.45) is 1.54. The van der Waals surface area contributed by atoms with Crippen LogP contribution in [0, 0.1) is 11.8 Å². The van der Waals surface area contributed by atoms with Crippen molar-refractivity contribution < 1.29 is 33.4 Å². The minimum absolute atomic E-state index is 0.0833. The highest BCUT2D eigenvalue weighted by Crippen LogP contribution is 2.29. The molecule has 0 saturated carbocycles. The number of nitrogens with two attached hydrogens (primary N) is 1. The van der Waals surface area contributed by atoms with Crippen molar-refractivity contribution in [2.45, 2.75) is 90.1 Å². The third kappa shape index (κ3) is 9.22. The van der Waals surface area contributed by atoms with Gasteiger partial charge in [-0.2, -0.15) is 0 Å². The van der Waals surface area contributed by atoms with Crippen LogP contribution in [0.2, 0.25) is 0 Å². The van der Waals surface area contributed by atoms with Crippen molar-refractivity contribution >= 4 is 23.7 Å². The maximum Gasteiger partial charge on any atom is 0.325 e. The maximum atomic E-state index is 13.6. The summed E-state index contributed by atoms with van der Waals surface area (Å²) in [5, 5.41) is 2.56. The molecule has 0 radical (unpaired) electrons. The number of hydrogen-bond acceptors (Lipinski definition) is 8. The Balaban J connectivity index is 3.04. The SMILES string of the molecule is CCC(C)C(C(CC(=O)N1CCCC1C(OC)C(C)C(=O)NCC(=O)OC)OC)N(C)C(=O)CC(C)N. The maximum absolute atomic E-state index is 13.6. The zero-order chi connectivity index (χ0) is 28.3. The molecule has 1 saturated heterocycles. The standard InChI is InChI=1S/C26H48N4O7/c1-9-16(2)24(29(5)21(31)13-17(3)27)20(35-6)14-22(32)30-12-10-11-19(30)25(37-8)18(4)26(34)28-15-23(33)36-7/h16-20,24-25H,9-15,27H2,1-8H3,(H,28,34). The zero-order valence-corrected chi connectivity index (χ0v) is 23.8. The summed E-state index contributed by atoms with van der Waals surface area (Å²) >= 11 is 0. The number of ether oxygens (including phenoxy) is 3. The number of carbonyl (C=O) groups is 4. The average Bonchev–Trinajstić information content (AvgIpc) is 3.35. The lowest BCUT2D eigenvalue weighted by Gasteiger charge is -2.39. The predicted molar refractivity (Wildman–Crippen MR) is 139 cm³/mol. The van der Waals surface area contributed by atoms with Crippen LogP contribution in [0.25, 0.3) is 0 Å². The molecule has 3 N–H and O–H groups in total. The Kier molecular flexibility index (Phi) is 14.1. The third-order valence-corrected chi connectivity index (χ3v) is 7.44. The molecule has 1 rings (SSSR count). The van der Waals surface area contributed by atoms with Gasteiger partial charge in [-0.1, -0.05) is 27.2 Å². The van der Waals surface area contributed by atoms with Crippen LogP contribution in [0.5, 0.6) is 0 Å². The fraction of sp³-hybridized carbons (Fsp3) is 0.846. The third-order valence-electron chi connectivity index (χ3n) is 7.44. The molecule has 0 spiro atoms. The van der Waals surface area contributed by atoms with Crippen LogP contribution >= 0.6 is 0 Å². The van der Waals surface area contributed by atoms with Crippen molar-refractivity contribution in [3.63, 3.8) is 0 Å². The molecule has 3 amide bonds. The lowest BCUT2D eigenvalue weighted by Crippen LogP contribution is -2.53. The molecule has 1 aliphatic heterocycles. The molecule has 0 aromatic carbocycles. The van der Waals surface area contributed by atoms with Gasteiger partial charge in [0.1, 0.15) is 6.54 Å². The summed E-state index contributed by atoms with van der Waals surface area (Å²) in [4.78, 5) is 53.9. The Labute approximate surface area is 221 Å². The molecule has 1 heterocycles. The van der Waals surface area contributed by atoms with E-state index >= 15 is 0 Å². The number of methoxy groups -OCH3 is 3. The predicted octanol–water partition coefficient (Wildman–Crippen LogP) is 0.933. The topological polar surface area (TPSA) is 141 Å². The molecule has 0 aromatic rings. The molecule has 0 aliphatic carbocycles. The molecule has 0 bridgehead atoms. The molecule has 214 valence electrons. The van der Waals surface area contributed by atoms with Crippen molar-refractivity contribution in [3.8, 4) is 0 Å². The van der Waals surface area contributed by atoms with Crippen LogP contribution in [0.1, 0.15) is 59.8 Å². The van der Waals surface area contributed by atoms with E-state index in [0.717, 1.165) is 12.8 Å². The molecule has 0 aromatic heterocycles. The number of hydrogen-bond donors (Lipinski definition) is 2. The van der Waals surface area contributed by atoms with Crippen molar-refractivity contribution in [1.82, 2.24) is 15.1 Å². The molecular weight excluding hydrogens is 480 g/mol. The Morgan fingerprint density at radius 1 is 1.08 bits per heavy atom. The number of amides is 3. The van der Waals surface area contributed by atoms with Crippen LogP contribution < -0.4 is 11.1 Å². The number of nitrogens with zero attached hydrogens (tertiary/aromatic N) is 2. The monoisotopic (exact) mass is 528 g/mol. The van der Waals surface area contributed by atoms with E-state index in [1.54, 1.807) is 37.8 Å². The van der Waals surface area contributed by atoms with Crippen LogP contribution in [0.15, 0.2) is 0 Å². The quantitative estimate of drug-likeness (QED) is 0.299. The highest BCUT2D eigenvalue weighted by atomic mass is 16.5. The summed E-state index contributed by atoms with van der Waals surface area (Å²) in [5.41, 5.74) is 5.85. The zero-order valence-electron chi connectivity index (χ0n) is 23.8. The first-order chi connectivity index (χ1) is 17.4. The minimum atomic E-state index is -0.596. The van der Waals surface area contributed by atoms with Crippen LogP contribution in [0.4, 0.5) is 0 Å². The van der Waals surface area contributed by atoms with E-state index in [-0.39, 0.29) is 61.2 Å². The Morgan fingerprint density at radius 2 is 1.73 bits per heavy atom. The summed E-state index contributed by atoms with van der Waals surface area (Å²) in [6.45, 7) is 7.91. The van der Waals surface area contributed by atoms with Gasteiger partial charge in [0.25, 0.3) is 0 Å². The van der Waals surface area contributed by atoms with Gasteiger partial charge >= 0.3 is 5.97 Å². The number of likely N-dealkylation sites (N-methyl/N-ethyl adjacent to an activating group) is 1. The largest absolute Gasteiger partial charge is 0.468 e. The van der Waals surface area contributed by atoms with Crippen LogP contribution in [-0.4, -0.2) is 105 Å². The van der Waals surface area contributed by atoms with Gasteiger partial charge in [-0.15, -0.1) is 0 Å². The smallest absolute Gasteiger partial charge is 0.325 e. The number of carbonyl (C=O) groups excluding carboxylic acids is 4. The second kappa shape index (κ2) is 15.9. The molecular formula is C26H48N4O7. The molecule has 11 heteroatoms. The number of esters is 1. The van der Waals surface area contributed by atoms with Gasteiger partial charge in [0.15, 0.2) is 0 Å². The number of nitrogens with one attached hydrogen (secondary N) is 1. The highest BCUT2D eigenvalue weighted by Gasteiger charge is 2.41. The minimum Gasteiger partial charge on any atom is -0.468 e. The van der Waals surface area contributed by atoms with E-state index in [4.69, 9.17) is 15.2 Å². The summed E-state index contributed by atoms with van der Waals surface area (Å²) in [6, 6.07) is -0.862.